The van der Waals surface area contributed by atoms with Gasteiger partial charge in [-0.05, 0) is 19.9 Å². The molecule has 1 aliphatic heterocycles. The summed E-state index contributed by atoms with van der Waals surface area (Å²) < 4.78 is 44.5. The van der Waals surface area contributed by atoms with E-state index in [-0.39, 0.29) is 16.6 Å². The van der Waals surface area contributed by atoms with Gasteiger partial charge in [0.2, 0.25) is 5.91 Å². The zero-order chi connectivity index (χ0) is 17.9. The fraction of sp³-hybridized carbons (Fsp3) is 0.533. The third-order valence-electron chi connectivity index (χ3n) is 3.49. The van der Waals surface area contributed by atoms with Crippen LogP contribution in [-0.2, 0) is 15.7 Å². The summed E-state index contributed by atoms with van der Waals surface area (Å²) in [6, 6.07) is 2.42. The molecule has 130 valence electrons. The summed E-state index contributed by atoms with van der Waals surface area (Å²) >= 11 is 0.875. The predicted octanol–water partition coefficient (Wildman–Crippen LogP) is 2.62. The van der Waals surface area contributed by atoms with Gasteiger partial charge in [-0.15, -0.1) is 0 Å². The molecule has 0 aromatic carbocycles. The van der Waals surface area contributed by atoms with Gasteiger partial charge in [0.05, 0.1) is 29.6 Å². The third-order valence-corrected chi connectivity index (χ3v) is 4.56. The van der Waals surface area contributed by atoms with E-state index in [2.05, 4.69) is 4.98 Å². The molecule has 24 heavy (non-hydrogen) atoms. The standard InChI is InChI=1S/C15H16F3N3O2S/c1-9-7-12(15(16,17)18)11(8-19)13(20-9)24-10(2)14(22)21-3-5-23-6-4-21/h7,10H,3-6H2,1-2H3. The molecule has 0 saturated carbocycles. The maximum Gasteiger partial charge on any atom is 0.417 e. The van der Waals surface area contributed by atoms with E-state index in [9.17, 15) is 18.0 Å². The molecular weight excluding hydrogens is 343 g/mol. The molecule has 9 heteroatoms. The topological polar surface area (TPSA) is 66.2 Å². The lowest BCUT2D eigenvalue weighted by Crippen LogP contribution is -2.44. The predicted molar refractivity (Wildman–Crippen MR) is 81.4 cm³/mol. The number of amides is 1. The Balaban J connectivity index is 2.27. The molecule has 1 amide bonds. The largest absolute Gasteiger partial charge is 0.417 e. The summed E-state index contributed by atoms with van der Waals surface area (Å²) in [5.74, 6) is -0.205. The van der Waals surface area contributed by atoms with Gasteiger partial charge in [0, 0.05) is 18.8 Å². The minimum absolute atomic E-state index is 0.0704. The van der Waals surface area contributed by atoms with Crippen LogP contribution >= 0.6 is 11.8 Å². The van der Waals surface area contributed by atoms with Crippen molar-refractivity contribution in [3.63, 3.8) is 0 Å². The number of pyridine rings is 1. The molecule has 1 unspecified atom stereocenters. The van der Waals surface area contributed by atoms with Crippen molar-refractivity contribution in [3.05, 3.63) is 22.9 Å². The number of halogens is 3. The van der Waals surface area contributed by atoms with Gasteiger partial charge in [-0.3, -0.25) is 4.79 Å². The smallest absolute Gasteiger partial charge is 0.378 e. The Morgan fingerprint density at radius 1 is 1.46 bits per heavy atom. The summed E-state index contributed by atoms with van der Waals surface area (Å²) in [5.41, 5.74) is -1.42. The monoisotopic (exact) mass is 359 g/mol. The third kappa shape index (κ3) is 4.19. The van der Waals surface area contributed by atoms with E-state index < -0.39 is 22.6 Å². The molecular formula is C15H16F3N3O2S. The van der Waals surface area contributed by atoms with Crippen LogP contribution < -0.4 is 0 Å². The molecule has 2 heterocycles. The highest BCUT2D eigenvalue weighted by atomic mass is 32.2. The first-order valence-electron chi connectivity index (χ1n) is 7.26. The number of aryl methyl sites for hydroxylation is 1. The minimum Gasteiger partial charge on any atom is -0.378 e. The Morgan fingerprint density at radius 2 is 2.08 bits per heavy atom. The highest BCUT2D eigenvalue weighted by Crippen LogP contribution is 2.37. The van der Waals surface area contributed by atoms with Gasteiger partial charge in [-0.2, -0.15) is 18.4 Å². The van der Waals surface area contributed by atoms with Crippen LogP contribution in [0.1, 0.15) is 23.7 Å². The summed E-state index contributed by atoms with van der Waals surface area (Å²) in [6.45, 7) is 4.80. The van der Waals surface area contributed by atoms with E-state index in [1.807, 2.05) is 0 Å². The van der Waals surface area contributed by atoms with Gasteiger partial charge in [0.25, 0.3) is 0 Å². The van der Waals surface area contributed by atoms with Crippen LogP contribution in [0.25, 0.3) is 0 Å². The Bertz CT molecular complexity index is 667. The molecule has 2 rings (SSSR count). The number of thioether (sulfide) groups is 1. The van der Waals surface area contributed by atoms with Crippen molar-refractivity contribution in [1.82, 2.24) is 9.88 Å². The molecule has 1 aromatic rings. The molecule has 0 N–H and O–H groups in total. The summed E-state index contributed by atoms with van der Waals surface area (Å²) in [4.78, 5) is 18.0. The highest BCUT2D eigenvalue weighted by molar-refractivity contribution is 8.00. The lowest BCUT2D eigenvalue weighted by Gasteiger charge is -2.29. The van der Waals surface area contributed by atoms with Crippen LogP contribution in [0.2, 0.25) is 0 Å². The maximum absolute atomic E-state index is 13.1. The average Bonchev–Trinajstić information content (AvgIpc) is 2.53. The van der Waals surface area contributed by atoms with Gasteiger partial charge >= 0.3 is 6.18 Å². The lowest BCUT2D eigenvalue weighted by atomic mass is 10.1. The number of rotatable bonds is 3. The number of hydrogen-bond donors (Lipinski definition) is 0. The summed E-state index contributed by atoms with van der Waals surface area (Å²) in [7, 11) is 0. The van der Waals surface area contributed by atoms with Crippen LogP contribution in [0.15, 0.2) is 11.1 Å². The van der Waals surface area contributed by atoms with E-state index in [0.29, 0.717) is 26.3 Å². The molecule has 5 nitrogen and oxygen atoms in total. The normalized spacial score (nSPS) is 16.6. The van der Waals surface area contributed by atoms with E-state index in [4.69, 9.17) is 10.00 Å². The summed E-state index contributed by atoms with van der Waals surface area (Å²) in [6.07, 6.45) is -4.65. The van der Waals surface area contributed by atoms with Crippen LogP contribution in [0, 0.1) is 18.3 Å². The molecule has 0 spiro atoms. The summed E-state index contributed by atoms with van der Waals surface area (Å²) in [5, 5.41) is 8.42. The van der Waals surface area contributed by atoms with E-state index >= 15 is 0 Å². The zero-order valence-corrected chi connectivity index (χ0v) is 14.0. The second-order valence-electron chi connectivity index (χ2n) is 5.30. The molecule has 1 aliphatic rings. The SMILES string of the molecule is Cc1cc(C(F)(F)F)c(C#N)c(SC(C)C(=O)N2CCOCC2)n1. The first-order chi connectivity index (χ1) is 11.2. The number of nitrogens with zero attached hydrogens (tertiary/aromatic N) is 3. The van der Waals surface area contributed by atoms with Crippen molar-refractivity contribution in [2.75, 3.05) is 26.3 Å². The number of nitriles is 1. The van der Waals surface area contributed by atoms with Crippen molar-refractivity contribution >= 4 is 17.7 Å². The number of aromatic nitrogens is 1. The van der Waals surface area contributed by atoms with Crippen LogP contribution in [0.3, 0.4) is 0 Å². The maximum atomic E-state index is 13.1. The van der Waals surface area contributed by atoms with Gasteiger partial charge in [0.15, 0.2) is 0 Å². The second kappa shape index (κ2) is 7.40. The fourth-order valence-corrected chi connectivity index (χ4v) is 3.38. The number of ether oxygens (including phenoxy) is 1. The van der Waals surface area contributed by atoms with Crippen LogP contribution in [-0.4, -0.2) is 47.3 Å². The molecule has 0 radical (unpaired) electrons. The van der Waals surface area contributed by atoms with Gasteiger partial charge in [0.1, 0.15) is 11.1 Å². The van der Waals surface area contributed by atoms with Gasteiger partial charge < -0.3 is 9.64 Å². The van der Waals surface area contributed by atoms with E-state index in [1.54, 1.807) is 17.9 Å². The number of hydrogen-bond acceptors (Lipinski definition) is 5. The zero-order valence-electron chi connectivity index (χ0n) is 13.2. The quantitative estimate of drug-likeness (QED) is 0.776. The molecule has 1 fully saturated rings. The van der Waals surface area contributed by atoms with Crippen molar-refractivity contribution in [2.24, 2.45) is 0 Å². The number of alkyl halides is 3. The van der Waals surface area contributed by atoms with Crippen molar-refractivity contribution in [3.8, 4) is 6.07 Å². The Kier molecular flexibility index (Phi) is 5.72. The molecule has 1 atom stereocenters. The number of morpholine rings is 1. The van der Waals surface area contributed by atoms with Crippen LogP contribution in [0.5, 0.6) is 0 Å². The number of carbonyl (C=O) groups is 1. The Morgan fingerprint density at radius 3 is 2.62 bits per heavy atom. The fourth-order valence-electron chi connectivity index (χ4n) is 2.32. The average molecular weight is 359 g/mol. The van der Waals surface area contributed by atoms with Crippen molar-refractivity contribution in [2.45, 2.75) is 30.3 Å². The molecule has 1 aromatic heterocycles. The van der Waals surface area contributed by atoms with Crippen molar-refractivity contribution in [1.29, 1.82) is 5.26 Å². The Labute approximate surface area is 141 Å². The molecule has 0 aliphatic carbocycles. The highest BCUT2D eigenvalue weighted by Gasteiger charge is 2.36. The van der Waals surface area contributed by atoms with Crippen LogP contribution in [0.4, 0.5) is 13.2 Å². The molecule has 1 saturated heterocycles. The van der Waals surface area contributed by atoms with E-state index in [0.717, 1.165) is 17.8 Å². The van der Waals surface area contributed by atoms with Gasteiger partial charge in [-0.25, -0.2) is 4.98 Å². The van der Waals surface area contributed by atoms with Crippen molar-refractivity contribution < 1.29 is 22.7 Å². The van der Waals surface area contributed by atoms with Gasteiger partial charge in [-0.1, -0.05) is 11.8 Å². The number of carbonyl (C=O) groups excluding carboxylic acids is 1. The lowest BCUT2D eigenvalue weighted by molar-refractivity contribution is -0.138. The van der Waals surface area contributed by atoms with E-state index in [1.165, 1.54) is 6.92 Å². The Hall–Kier alpha value is -1.79. The first-order valence-corrected chi connectivity index (χ1v) is 8.14. The second-order valence-corrected chi connectivity index (χ2v) is 6.63. The first kappa shape index (κ1) is 18.5. The molecule has 0 bridgehead atoms. The minimum atomic E-state index is -4.65.